The van der Waals surface area contributed by atoms with E-state index in [4.69, 9.17) is 5.11 Å². The van der Waals surface area contributed by atoms with E-state index in [-0.39, 0.29) is 17.2 Å². The van der Waals surface area contributed by atoms with Gasteiger partial charge in [0.25, 0.3) is 0 Å². The van der Waals surface area contributed by atoms with E-state index in [1.165, 1.54) is 0 Å². The first-order valence-corrected chi connectivity index (χ1v) is 5.56. The number of phenols is 3. The molecule has 0 aromatic heterocycles. The van der Waals surface area contributed by atoms with Crippen molar-refractivity contribution < 1.29 is 15.3 Å². The minimum atomic E-state index is 0.0698. The van der Waals surface area contributed by atoms with Crippen molar-refractivity contribution in [2.75, 3.05) is 0 Å². The summed E-state index contributed by atoms with van der Waals surface area (Å²) in [5.74, 6) is 0.360. The first-order chi connectivity index (χ1) is 8.56. The maximum absolute atomic E-state index is 9.59. The van der Waals surface area contributed by atoms with Crippen LogP contribution in [-0.2, 0) is 0 Å². The minimum absolute atomic E-state index is 0.0698. The van der Waals surface area contributed by atoms with E-state index < -0.39 is 0 Å². The fraction of sp³-hybridized carbons (Fsp3) is 0.0667. The van der Waals surface area contributed by atoms with Crippen molar-refractivity contribution in [1.29, 1.82) is 0 Å². The normalized spacial score (nSPS) is 10.9. The first kappa shape index (κ1) is 12.0. The Hall–Kier alpha value is -2.42. The summed E-state index contributed by atoms with van der Waals surface area (Å²) >= 11 is 0. The molecule has 2 aromatic rings. The van der Waals surface area contributed by atoms with Crippen molar-refractivity contribution in [2.24, 2.45) is 0 Å². The molecule has 92 valence electrons. The molecule has 0 atom stereocenters. The van der Waals surface area contributed by atoms with Gasteiger partial charge < -0.3 is 15.3 Å². The van der Waals surface area contributed by atoms with Crippen molar-refractivity contribution >= 4 is 12.2 Å². The Bertz CT molecular complexity index is 560. The van der Waals surface area contributed by atoms with Crippen LogP contribution in [0.4, 0.5) is 0 Å². The van der Waals surface area contributed by atoms with E-state index in [1.54, 1.807) is 49.4 Å². The van der Waals surface area contributed by atoms with Crippen molar-refractivity contribution in [1.82, 2.24) is 0 Å². The van der Waals surface area contributed by atoms with Gasteiger partial charge in [0.1, 0.15) is 17.2 Å². The zero-order valence-electron chi connectivity index (χ0n) is 9.96. The maximum atomic E-state index is 9.59. The van der Waals surface area contributed by atoms with Crippen molar-refractivity contribution in [3.05, 3.63) is 53.1 Å². The lowest BCUT2D eigenvalue weighted by Gasteiger charge is -2.03. The highest BCUT2D eigenvalue weighted by atomic mass is 16.3. The molecule has 0 spiro atoms. The third-order valence-corrected chi connectivity index (χ3v) is 2.74. The Labute approximate surface area is 105 Å². The van der Waals surface area contributed by atoms with Gasteiger partial charge in [-0.05, 0) is 42.3 Å². The Balaban J connectivity index is 2.26. The average Bonchev–Trinajstić information content (AvgIpc) is 2.35. The zero-order chi connectivity index (χ0) is 13.1. The summed E-state index contributed by atoms with van der Waals surface area (Å²) in [5.41, 5.74) is 2.10. The number of phenolic OH excluding ortho intramolecular Hbond substituents is 3. The highest BCUT2D eigenvalue weighted by molar-refractivity contribution is 5.71. The van der Waals surface area contributed by atoms with Crippen LogP contribution in [0.5, 0.6) is 17.2 Å². The molecule has 0 bridgehead atoms. The van der Waals surface area contributed by atoms with Gasteiger partial charge in [-0.25, -0.2) is 0 Å². The third kappa shape index (κ3) is 2.63. The lowest BCUT2D eigenvalue weighted by atomic mass is 10.1. The molecule has 2 rings (SSSR count). The van der Waals surface area contributed by atoms with Gasteiger partial charge in [0.2, 0.25) is 0 Å². The molecule has 2 aromatic carbocycles. The molecule has 3 nitrogen and oxygen atoms in total. The fourth-order valence-electron chi connectivity index (χ4n) is 1.58. The Morgan fingerprint density at radius 2 is 1.28 bits per heavy atom. The summed E-state index contributed by atoms with van der Waals surface area (Å²) in [4.78, 5) is 0. The zero-order valence-corrected chi connectivity index (χ0v) is 9.96. The van der Waals surface area contributed by atoms with Crippen molar-refractivity contribution in [3.8, 4) is 17.2 Å². The Kier molecular flexibility index (Phi) is 3.24. The highest BCUT2D eigenvalue weighted by Crippen LogP contribution is 2.28. The van der Waals surface area contributed by atoms with Gasteiger partial charge in [-0.2, -0.15) is 0 Å². The molecule has 0 aliphatic carbocycles. The first-order valence-electron chi connectivity index (χ1n) is 5.56. The SMILES string of the molecule is Cc1c(O)cc(/C=C/c2ccc(O)cc2)cc1O. The lowest BCUT2D eigenvalue weighted by Crippen LogP contribution is -1.79. The largest absolute Gasteiger partial charge is 0.508 e. The molecule has 0 fully saturated rings. The number of hydrogen-bond donors (Lipinski definition) is 3. The molecular formula is C15H14O3. The molecule has 3 N–H and O–H groups in total. The summed E-state index contributed by atoms with van der Waals surface area (Å²) in [5, 5.41) is 28.3. The third-order valence-electron chi connectivity index (χ3n) is 2.74. The molecule has 0 aliphatic rings. The van der Waals surface area contributed by atoms with Crippen LogP contribution >= 0.6 is 0 Å². The quantitative estimate of drug-likeness (QED) is 0.708. The monoisotopic (exact) mass is 242 g/mol. The van der Waals surface area contributed by atoms with E-state index in [9.17, 15) is 10.2 Å². The summed E-state index contributed by atoms with van der Waals surface area (Å²) in [6, 6.07) is 9.94. The highest BCUT2D eigenvalue weighted by Gasteiger charge is 2.03. The van der Waals surface area contributed by atoms with Gasteiger partial charge in [-0.15, -0.1) is 0 Å². The standard InChI is InChI=1S/C15H14O3/c1-10-14(17)8-12(9-15(10)18)3-2-11-4-6-13(16)7-5-11/h2-9,16-18H,1H3/b3-2+. The summed E-state index contributed by atoms with van der Waals surface area (Å²) in [6.07, 6.45) is 3.62. The van der Waals surface area contributed by atoms with Crippen LogP contribution in [0.25, 0.3) is 12.2 Å². The predicted molar refractivity (Wildman–Crippen MR) is 71.5 cm³/mol. The second-order valence-corrected chi connectivity index (χ2v) is 4.11. The number of benzene rings is 2. The second-order valence-electron chi connectivity index (χ2n) is 4.11. The topological polar surface area (TPSA) is 60.7 Å². The van der Waals surface area contributed by atoms with Crippen LogP contribution < -0.4 is 0 Å². The number of rotatable bonds is 2. The van der Waals surface area contributed by atoms with Gasteiger partial charge in [0.05, 0.1) is 0 Å². The number of hydrogen-bond acceptors (Lipinski definition) is 3. The summed E-state index contributed by atoms with van der Waals surface area (Å²) < 4.78 is 0. The van der Waals surface area contributed by atoms with Crippen molar-refractivity contribution in [3.63, 3.8) is 0 Å². The van der Waals surface area contributed by atoms with E-state index in [0.717, 1.165) is 5.56 Å². The molecular weight excluding hydrogens is 228 g/mol. The van der Waals surface area contributed by atoms with Gasteiger partial charge >= 0.3 is 0 Å². The molecule has 0 radical (unpaired) electrons. The Morgan fingerprint density at radius 1 is 0.778 bits per heavy atom. The Morgan fingerprint density at radius 3 is 1.83 bits per heavy atom. The van der Waals surface area contributed by atoms with Crippen LogP contribution in [0.3, 0.4) is 0 Å². The van der Waals surface area contributed by atoms with Gasteiger partial charge in [0, 0.05) is 5.56 Å². The van der Waals surface area contributed by atoms with Crippen LogP contribution in [0, 0.1) is 6.92 Å². The predicted octanol–water partition coefficient (Wildman–Crippen LogP) is 3.28. The van der Waals surface area contributed by atoms with Crippen LogP contribution in [0.1, 0.15) is 16.7 Å². The summed E-state index contributed by atoms with van der Waals surface area (Å²) in [7, 11) is 0. The van der Waals surface area contributed by atoms with Gasteiger partial charge in [-0.1, -0.05) is 24.3 Å². The molecule has 0 aliphatic heterocycles. The number of aromatic hydroxyl groups is 3. The van der Waals surface area contributed by atoms with E-state index in [0.29, 0.717) is 11.1 Å². The van der Waals surface area contributed by atoms with Crippen LogP contribution in [0.2, 0.25) is 0 Å². The van der Waals surface area contributed by atoms with E-state index >= 15 is 0 Å². The van der Waals surface area contributed by atoms with Gasteiger partial charge in [-0.3, -0.25) is 0 Å². The average molecular weight is 242 g/mol. The summed E-state index contributed by atoms with van der Waals surface area (Å²) in [6.45, 7) is 1.65. The van der Waals surface area contributed by atoms with Crippen LogP contribution in [-0.4, -0.2) is 15.3 Å². The molecule has 0 saturated heterocycles. The van der Waals surface area contributed by atoms with Crippen molar-refractivity contribution in [2.45, 2.75) is 6.92 Å². The van der Waals surface area contributed by atoms with Crippen LogP contribution in [0.15, 0.2) is 36.4 Å². The molecule has 0 amide bonds. The van der Waals surface area contributed by atoms with E-state index in [2.05, 4.69) is 0 Å². The molecule has 0 unspecified atom stereocenters. The molecule has 0 heterocycles. The maximum Gasteiger partial charge on any atom is 0.122 e. The molecule has 3 heteroatoms. The molecule has 0 saturated carbocycles. The molecule has 18 heavy (non-hydrogen) atoms. The second kappa shape index (κ2) is 4.84. The minimum Gasteiger partial charge on any atom is -0.508 e. The van der Waals surface area contributed by atoms with E-state index in [1.807, 2.05) is 6.08 Å². The van der Waals surface area contributed by atoms with Gasteiger partial charge in [0.15, 0.2) is 0 Å². The smallest absolute Gasteiger partial charge is 0.122 e. The lowest BCUT2D eigenvalue weighted by molar-refractivity contribution is 0.443. The fourth-order valence-corrected chi connectivity index (χ4v) is 1.58.